The number of nitrogens with two attached hydrogens (primary N) is 3. The molecule has 4 aromatic carbocycles. The number of aliphatic imine (C=N–C) groups is 1. The summed E-state index contributed by atoms with van der Waals surface area (Å²) in [4.78, 5) is 28.4. The van der Waals surface area contributed by atoms with Crippen LogP contribution >= 0.6 is 0 Å². The maximum absolute atomic E-state index is 12.7. The molecule has 7 nitrogen and oxygen atoms in total. The van der Waals surface area contributed by atoms with Gasteiger partial charge in [-0.25, -0.2) is 0 Å². The number of amides is 2. The zero-order valence-corrected chi connectivity index (χ0v) is 17.1. The maximum Gasteiger partial charge on any atom is 0.240 e. The van der Waals surface area contributed by atoms with E-state index < -0.39 is 11.9 Å². The van der Waals surface area contributed by atoms with Crippen molar-refractivity contribution >= 4 is 50.1 Å². The van der Waals surface area contributed by atoms with E-state index in [1.54, 1.807) is 0 Å². The highest BCUT2D eigenvalue weighted by atomic mass is 16.2. The Morgan fingerprint density at radius 2 is 1.52 bits per heavy atom. The van der Waals surface area contributed by atoms with Crippen LogP contribution in [-0.4, -0.2) is 30.4 Å². The monoisotopic (exact) mass is 415 g/mol. The van der Waals surface area contributed by atoms with Crippen molar-refractivity contribution in [1.82, 2.24) is 5.32 Å². The van der Waals surface area contributed by atoms with E-state index in [4.69, 9.17) is 17.2 Å². The lowest BCUT2D eigenvalue weighted by Gasteiger charge is -2.17. The van der Waals surface area contributed by atoms with Gasteiger partial charge in [-0.05, 0) is 50.7 Å². The molecule has 0 fully saturated rings. The SMILES string of the molecule is NC(=O)[C@H](CCCN=C(N)N)NC(=O)Cc1ccc2ccc3cccc4ccc1c2c34. The molecule has 0 radical (unpaired) electrons. The molecular formula is C24H25N5O2. The maximum atomic E-state index is 12.7. The number of guanidine groups is 1. The molecule has 0 aliphatic carbocycles. The number of nitrogens with zero attached hydrogens (tertiary/aromatic N) is 1. The number of primary amides is 1. The molecule has 158 valence electrons. The average molecular weight is 415 g/mol. The number of hydrogen-bond acceptors (Lipinski definition) is 3. The van der Waals surface area contributed by atoms with E-state index in [-0.39, 0.29) is 18.3 Å². The molecule has 7 heteroatoms. The third kappa shape index (κ3) is 4.21. The van der Waals surface area contributed by atoms with Crippen molar-refractivity contribution in [1.29, 1.82) is 0 Å². The molecule has 2 amide bonds. The van der Waals surface area contributed by atoms with Crippen LogP contribution in [0.15, 0.2) is 59.6 Å². The van der Waals surface area contributed by atoms with Crippen LogP contribution in [-0.2, 0) is 16.0 Å². The molecule has 0 unspecified atom stereocenters. The molecule has 0 heterocycles. The third-order valence-electron chi connectivity index (χ3n) is 5.59. The summed E-state index contributed by atoms with van der Waals surface area (Å²) < 4.78 is 0. The minimum absolute atomic E-state index is 0.00586. The van der Waals surface area contributed by atoms with Crippen LogP contribution < -0.4 is 22.5 Å². The Morgan fingerprint density at radius 1 is 0.871 bits per heavy atom. The third-order valence-corrected chi connectivity index (χ3v) is 5.59. The van der Waals surface area contributed by atoms with Crippen LogP contribution in [0.4, 0.5) is 0 Å². The zero-order chi connectivity index (χ0) is 22.0. The van der Waals surface area contributed by atoms with Crippen LogP contribution in [0.1, 0.15) is 18.4 Å². The molecule has 0 spiro atoms. The molecule has 0 saturated carbocycles. The van der Waals surface area contributed by atoms with E-state index >= 15 is 0 Å². The summed E-state index contributed by atoms with van der Waals surface area (Å²) in [5.41, 5.74) is 17.0. The van der Waals surface area contributed by atoms with Gasteiger partial charge in [-0.2, -0.15) is 0 Å². The van der Waals surface area contributed by atoms with E-state index in [0.29, 0.717) is 19.4 Å². The van der Waals surface area contributed by atoms with E-state index in [1.165, 1.54) is 16.2 Å². The lowest BCUT2D eigenvalue weighted by atomic mass is 9.91. The summed E-state index contributed by atoms with van der Waals surface area (Å²) in [6.45, 7) is 0.372. The van der Waals surface area contributed by atoms with E-state index in [9.17, 15) is 9.59 Å². The van der Waals surface area contributed by atoms with Gasteiger partial charge in [0, 0.05) is 6.54 Å². The fourth-order valence-corrected chi connectivity index (χ4v) is 4.16. The number of rotatable bonds is 8. The molecular weight excluding hydrogens is 390 g/mol. The molecule has 1 atom stereocenters. The highest BCUT2D eigenvalue weighted by molar-refractivity contribution is 6.23. The van der Waals surface area contributed by atoms with Crippen molar-refractivity contribution in [2.45, 2.75) is 25.3 Å². The standard InChI is InChI=1S/C24H25N5O2/c25-23(31)19(5-2-12-28-24(26)27)29-20(30)13-17-9-8-16-7-6-14-3-1-4-15-10-11-18(17)22(16)21(14)15/h1,3-4,6-11,19H,2,5,12-13H2,(H2,25,31)(H,29,30)(H4,26,27,28)/t19-/m0/s1. The Hall–Kier alpha value is -3.87. The molecule has 0 aromatic heterocycles. The fourth-order valence-electron chi connectivity index (χ4n) is 4.16. The Kier molecular flexibility index (Phi) is 5.58. The average Bonchev–Trinajstić information content (AvgIpc) is 2.75. The van der Waals surface area contributed by atoms with Crippen LogP contribution in [0, 0.1) is 0 Å². The Labute approximate surface area is 179 Å². The van der Waals surface area contributed by atoms with Gasteiger partial charge in [0.15, 0.2) is 5.96 Å². The Balaban J connectivity index is 1.57. The van der Waals surface area contributed by atoms with E-state index in [0.717, 1.165) is 21.7 Å². The van der Waals surface area contributed by atoms with Crippen molar-refractivity contribution in [2.75, 3.05) is 6.54 Å². The van der Waals surface area contributed by atoms with Crippen molar-refractivity contribution in [3.63, 3.8) is 0 Å². The largest absolute Gasteiger partial charge is 0.370 e. The number of nitrogens with one attached hydrogen (secondary N) is 1. The highest BCUT2D eigenvalue weighted by Gasteiger charge is 2.19. The van der Waals surface area contributed by atoms with Gasteiger partial charge < -0.3 is 22.5 Å². The lowest BCUT2D eigenvalue weighted by molar-refractivity contribution is -0.127. The van der Waals surface area contributed by atoms with Crippen LogP contribution in [0.2, 0.25) is 0 Å². The molecule has 4 aromatic rings. The topological polar surface area (TPSA) is 137 Å². The number of carbonyl (C=O) groups excluding carboxylic acids is 2. The molecule has 0 aliphatic heterocycles. The lowest BCUT2D eigenvalue weighted by Crippen LogP contribution is -2.45. The van der Waals surface area contributed by atoms with Gasteiger partial charge in [-0.3, -0.25) is 14.6 Å². The number of carbonyl (C=O) groups is 2. The highest BCUT2D eigenvalue weighted by Crippen LogP contribution is 2.35. The van der Waals surface area contributed by atoms with Crippen LogP contribution in [0.25, 0.3) is 32.3 Å². The van der Waals surface area contributed by atoms with Gasteiger partial charge in [0.1, 0.15) is 6.04 Å². The molecule has 4 rings (SSSR count). The number of benzene rings is 4. The first-order chi connectivity index (χ1) is 14.9. The second kappa shape index (κ2) is 8.47. The zero-order valence-electron chi connectivity index (χ0n) is 17.1. The molecule has 7 N–H and O–H groups in total. The van der Waals surface area contributed by atoms with E-state index in [1.807, 2.05) is 18.2 Å². The predicted molar refractivity (Wildman–Crippen MR) is 125 cm³/mol. The first-order valence-electron chi connectivity index (χ1n) is 10.2. The van der Waals surface area contributed by atoms with Gasteiger partial charge in [-0.15, -0.1) is 0 Å². The van der Waals surface area contributed by atoms with Crippen LogP contribution in [0.3, 0.4) is 0 Å². The normalized spacial score (nSPS) is 12.3. The van der Waals surface area contributed by atoms with Crippen molar-refractivity contribution in [2.24, 2.45) is 22.2 Å². The van der Waals surface area contributed by atoms with Crippen molar-refractivity contribution in [3.8, 4) is 0 Å². The van der Waals surface area contributed by atoms with E-state index in [2.05, 4.69) is 46.7 Å². The minimum atomic E-state index is -0.763. The number of hydrogen-bond donors (Lipinski definition) is 4. The first-order valence-corrected chi connectivity index (χ1v) is 10.2. The Morgan fingerprint density at radius 3 is 2.19 bits per heavy atom. The van der Waals surface area contributed by atoms with Crippen molar-refractivity contribution in [3.05, 3.63) is 60.2 Å². The van der Waals surface area contributed by atoms with Gasteiger partial charge in [0.2, 0.25) is 11.8 Å². The second-order valence-electron chi connectivity index (χ2n) is 7.73. The van der Waals surface area contributed by atoms with Gasteiger partial charge >= 0.3 is 0 Å². The quantitative estimate of drug-likeness (QED) is 0.152. The van der Waals surface area contributed by atoms with Gasteiger partial charge in [0.05, 0.1) is 6.42 Å². The molecule has 0 bridgehead atoms. The first kappa shape index (κ1) is 20.4. The van der Waals surface area contributed by atoms with Crippen LogP contribution in [0.5, 0.6) is 0 Å². The smallest absolute Gasteiger partial charge is 0.240 e. The molecule has 0 saturated heterocycles. The fraction of sp³-hybridized carbons (Fsp3) is 0.208. The summed E-state index contributed by atoms with van der Waals surface area (Å²) in [5, 5.41) is 9.64. The van der Waals surface area contributed by atoms with Crippen molar-refractivity contribution < 1.29 is 9.59 Å². The summed E-state index contributed by atoms with van der Waals surface area (Å²) in [6.07, 6.45) is 1.06. The minimum Gasteiger partial charge on any atom is -0.370 e. The predicted octanol–water partition coefficient (Wildman–Crippen LogP) is 2.15. The van der Waals surface area contributed by atoms with Gasteiger partial charge in [0.25, 0.3) is 0 Å². The second-order valence-corrected chi connectivity index (χ2v) is 7.73. The molecule has 0 aliphatic rings. The summed E-state index contributed by atoms with van der Waals surface area (Å²) >= 11 is 0. The molecule has 31 heavy (non-hydrogen) atoms. The summed E-state index contributed by atoms with van der Waals surface area (Å²) in [6, 6.07) is 17.9. The van der Waals surface area contributed by atoms with Gasteiger partial charge in [-0.1, -0.05) is 54.6 Å². The Bertz CT molecular complexity index is 1280. The summed E-state index contributed by atoms with van der Waals surface area (Å²) in [5.74, 6) is -0.831. The summed E-state index contributed by atoms with van der Waals surface area (Å²) in [7, 11) is 0.